The number of rotatable bonds is 1. The van der Waals surface area contributed by atoms with Crippen LogP contribution < -0.4 is 5.32 Å². The fourth-order valence-corrected chi connectivity index (χ4v) is 0.820. The molecule has 0 aliphatic carbocycles. The van der Waals surface area contributed by atoms with E-state index >= 15 is 0 Å². The Labute approximate surface area is 81.9 Å². The molecule has 3 nitrogen and oxygen atoms in total. The van der Waals surface area contributed by atoms with Crippen molar-refractivity contribution in [1.29, 1.82) is 0 Å². The summed E-state index contributed by atoms with van der Waals surface area (Å²) in [5, 5.41) is 1.76. The molecule has 1 aromatic heterocycles. The maximum absolute atomic E-state index is 11.8. The van der Waals surface area contributed by atoms with Crippen LogP contribution in [0.15, 0.2) is 18.3 Å². The Morgan fingerprint density at radius 2 is 2.14 bits per heavy atom. The molecule has 0 saturated heterocycles. The number of nitrogens with one attached hydrogen (secondary N) is 1. The van der Waals surface area contributed by atoms with E-state index in [2.05, 4.69) is 4.98 Å². The van der Waals surface area contributed by atoms with Gasteiger partial charge in [-0.3, -0.25) is 4.79 Å². The van der Waals surface area contributed by atoms with Gasteiger partial charge in [0, 0.05) is 11.2 Å². The van der Waals surface area contributed by atoms with E-state index < -0.39 is 12.1 Å². The minimum atomic E-state index is -4.93. The molecule has 0 spiro atoms. The molecule has 76 valence electrons. The lowest BCUT2D eigenvalue weighted by Crippen LogP contribution is -2.30. The summed E-state index contributed by atoms with van der Waals surface area (Å²) >= 11 is 5.47. The van der Waals surface area contributed by atoms with E-state index in [-0.39, 0.29) is 10.8 Å². The van der Waals surface area contributed by atoms with Crippen LogP contribution >= 0.6 is 11.6 Å². The SMILES string of the molecule is O=C(Nc1cc(Cl)ccn1)C(F)(F)F. The van der Waals surface area contributed by atoms with E-state index in [0.717, 1.165) is 6.07 Å². The first-order valence-corrected chi connectivity index (χ1v) is 3.77. The fourth-order valence-electron chi connectivity index (χ4n) is 0.660. The summed E-state index contributed by atoms with van der Waals surface area (Å²) in [6, 6.07) is 2.50. The summed E-state index contributed by atoms with van der Waals surface area (Å²) in [6.07, 6.45) is -3.74. The maximum Gasteiger partial charge on any atom is 0.471 e. The first kappa shape index (κ1) is 10.8. The summed E-state index contributed by atoms with van der Waals surface area (Å²) in [4.78, 5) is 13.9. The molecule has 0 fully saturated rings. The minimum Gasteiger partial charge on any atom is -0.303 e. The highest BCUT2D eigenvalue weighted by Gasteiger charge is 2.38. The third kappa shape index (κ3) is 2.88. The predicted octanol–water partition coefficient (Wildman–Crippen LogP) is 2.24. The molecular weight excluding hydrogens is 221 g/mol. The fraction of sp³-hybridized carbons (Fsp3) is 0.143. The third-order valence-electron chi connectivity index (χ3n) is 1.22. The number of pyridine rings is 1. The molecular formula is C7H4ClF3N2O. The molecule has 0 bridgehead atoms. The van der Waals surface area contributed by atoms with Crippen molar-refractivity contribution >= 4 is 23.3 Å². The molecule has 0 aromatic carbocycles. The van der Waals surface area contributed by atoms with E-state index in [9.17, 15) is 18.0 Å². The second kappa shape index (κ2) is 3.83. The summed E-state index contributed by atoms with van der Waals surface area (Å²) < 4.78 is 35.3. The lowest BCUT2D eigenvalue weighted by Gasteiger charge is -2.06. The highest BCUT2D eigenvalue weighted by molar-refractivity contribution is 6.30. The van der Waals surface area contributed by atoms with Crippen LogP contribution in [0.1, 0.15) is 0 Å². The van der Waals surface area contributed by atoms with Crippen LogP contribution in [0.3, 0.4) is 0 Å². The van der Waals surface area contributed by atoms with Gasteiger partial charge < -0.3 is 5.32 Å². The molecule has 7 heteroatoms. The number of alkyl halides is 3. The number of carbonyl (C=O) groups excluding carboxylic acids is 1. The van der Waals surface area contributed by atoms with Gasteiger partial charge in [0.05, 0.1) is 0 Å². The molecule has 0 aliphatic rings. The quantitative estimate of drug-likeness (QED) is 0.795. The topological polar surface area (TPSA) is 42.0 Å². The summed E-state index contributed by atoms with van der Waals surface area (Å²) in [5.74, 6) is -2.31. The van der Waals surface area contributed by atoms with Crippen molar-refractivity contribution < 1.29 is 18.0 Å². The highest BCUT2D eigenvalue weighted by atomic mass is 35.5. The van der Waals surface area contributed by atoms with Gasteiger partial charge in [-0.2, -0.15) is 13.2 Å². The number of amides is 1. The zero-order valence-corrected chi connectivity index (χ0v) is 7.36. The highest BCUT2D eigenvalue weighted by Crippen LogP contribution is 2.18. The Morgan fingerprint density at radius 3 is 2.64 bits per heavy atom. The van der Waals surface area contributed by atoms with E-state index in [1.807, 2.05) is 0 Å². The second-order valence-electron chi connectivity index (χ2n) is 2.31. The normalized spacial score (nSPS) is 11.1. The van der Waals surface area contributed by atoms with Crippen LogP contribution in [0.2, 0.25) is 5.02 Å². The average molecular weight is 225 g/mol. The van der Waals surface area contributed by atoms with Crippen molar-refractivity contribution in [3.05, 3.63) is 23.4 Å². The van der Waals surface area contributed by atoms with Crippen LogP contribution in [-0.2, 0) is 4.79 Å². The largest absolute Gasteiger partial charge is 0.471 e. The molecule has 1 amide bonds. The van der Waals surface area contributed by atoms with Gasteiger partial charge >= 0.3 is 12.1 Å². The van der Waals surface area contributed by atoms with Crippen molar-refractivity contribution in [2.24, 2.45) is 0 Å². The van der Waals surface area contributed by atoms with Gasteiger partial charge in [0.25, 0.3) is 0 Å². The van der Waals surface area contributed by atoms with Gasteiger partial charge in [-0.25, -0.2) is 4.98 Å². The molecule has 1 aromatic rings. The van der Waals surface area contributed by atoms with Crippen LogP contribution in [0.4, 0.5) is 19.0 Å². The maximum atomic E-state index is 11.8. The molecule has 1 heterocycles. The monoisotopic (exact) mass is 224 g/mol. The van der Waals surface area contributed by atoms with Crippen LogP contribution in [0.5, 0.6) is 0 Å². The van der Waals surface area contributed by atoms with E-state index in [1.165, 1.54) is 12.3 Å². The molecule has 0 aliphatic heterocycles. The summed E-state index contributed by atoms with van der Waals surface area (Å²) in [5.41, 5.74) is 0. The second-order valence-corrected chi connectivity index (χ2v) is 2.75. The Kier molecular flexibility index (Phi) is 2.95. The van der Waals surface area contributed by atoms with E-state index in [4.69, 9.17) is 11.6 Å². The van der Waals surface area contributed by atoms with Gasteiger partial charge in [0.2, 0.25) is 0 Å². The molecule has 0 radical (unpaired) electrons. The van der Waals surface area contributed by atoms with Crippen molar-refractivity contribution in [3.8, 4) is 0 Å². The molecule has 0 unspecified atom stereocenters. The minimum absolute atomic E-state index is 0.192. The van der Waals surface area contributed by atoms with Crippen molar-refractivity contribution in [3.63, 3.8) is 0 Å². The van der Waals surface area contributed by atoms with Gasteiger partial charge in [-0.05, 0) is 12.1 Å². The first-order chi connectivity index (χ1) is 6.39. The smallest absolute Gasteiger partial charge is 0.303 e. The lowest BCUT2D eigenvalue weighted by atomic mass is 10.4. The van der Waals surface area contributed by atoms with E-state index in [1.54, 1.807) is 5.32 Å². The van der Waals surface area contributed by atoms with Gasteiger partial charge in [0.15, 0.2) is 0 Å². The summed E-state index contributed by atoms with van der Waals surface area (Å²) in [7, 11) is 0. The van der Waals surface area contributed by atoms with Crippen LogP contribution in [0.25, 0.3) is 0 Å². The zero-order chi connectivity index (χ0) is 10.8. The Morgan fingerprint density at radius 1 is 1.50 bits per heavy atom. The predicted molar refractivity (Wildman–Crippen MR) is 43.9 cm³/mol. The molecule has 1 rings (SSSR count). The molecule has 14 heavy (non-hydrogen) atoms. The van der Waals surface area contributed by atoms with Crippen LogP contribution in [-0.4, -0.2) is 17.1 Å². The van der Waals surface area contributed by atoms with Crippen molar-refractivity contribution in [2.45, 2.75) is 6.18 Å². The molecule has 0 saturated carbocycles. The molecule has 0 atom stereocenters. The number of carbonyl (C=O) groups is 1. The van der Waals surface area contributed by atoms with Gasteiger partial charge in [0.1, 0.15) is 5.82 Å². The van der Waals surface area contributed by atoms with Crippen molar-refractivity contribution in [2.75, 3.05) is 5.32 Å². The summed E-state index contributed by atoms with van der Waals surface area (Å²) in [6.45, 7) is 0. The zero-order valence-electron chi connectivity index (χ0n) is 6.60. The Balaban J connectivity index is 2.75. The van der Waals surface area contributed by atoms with E-state index in [0.29, 0.717) is 0 Å². The molecule has 1 N–H and O–H groups in total. The standard InChI is InChI=1S/C7H4ClF3N2O/c8-4-1-2-12-5(3-4)13-6(14)7(9,10)11/h1-3H,(H,12,13,14). The average Bonchev–Trinajstić information content (AvgIpc) is 2.02. The number of nitrogens with zero attached hydrogens (tertiary/aromatic N) is 1. The Bertz CT molecular complexity index is 353. The number of hydrogen-bond donors (Lipinski definition) is 1. The number of halogens is 4. The van der Waals surface area contributed by atoms with Gasteiger partial charge in [-0.1, -0.05) is 11.6 Å². The van der Waals surface area contributed by atoms with Crippen LogP contribution in [0, 0.1) is 0 Å². The van der Waals surface area contributed by atoms with Gasteiger partial charge in [-0.15, -0.1) is 0 Å². The third-order valence-corrected chi connectivity index (χ3v) is 1.46. The number of aromatic nitrogens is 1. The Hall–Kier alpha value is -1.30. The van der Waals surface area contributed by atoms with Crippen molar-refractivity contribution in [1.82, 2.24) is 4.98 Å². The number of hydrogen-bond acceptors (Lipinski definition) is 2. The number of anilines is 1. The first-order valence-electron chi connectivity index (χ1n) is 3.39. The lowest BCUT2D eigenvalue weighted by molar-refractivity contribution is -0.167.